The summed E-state index contributed by atoms with van der Waals surface area (Å²) >= 11 is 0. The summed E-state index contributed by atoms with van der Waals surface area (Å²) in [5, 5.41) is 3.84. The van der Waals surface area contributed by atoms with Crippen LogP contribution in [0.15, 0.2) is 24.3 Å². The third-order valence-electron chi connectivity index (χ3n) is 4.57. The fourth-order valence-corrected chi connectivity index (χ4v) is 3.22. The first kappa shape index (κ1) is 14.6. The maximum atomic E-state index is 3.84. The van der Waals surface area contributed by atoms with Gasteiger partial charge in [0.15, 0.2) is 0 Å². The van der Waals surface area contributed by atoms with E-state index in [0.29, 0.717) is 6.04 Å². The molecule has 2 rings (SSSR count). The zero-order valence-corrected chi connectivity index (χ0v) is 12.6. The minimum Gasteiger partial charge on any atom is -0.310 e. The summed E-state index contributed by atoms with van der Waals surface area (Å²) < 4.78 is 0. The summed E-state index contributed by atoms with van der Waals surface area (Å²) in [4.78, 5) is 0. The van der Waals surface area contributed by atoms with Gasteiger partial charge in [-0.3, -0.25) is 0 Å². The van der Waals surface area contributed by atoms with Crippen LogP contribution < -0.4 is 5.32 Å². The maximum absolute atomic E-state index is 3.84. The number of nitrogens with one attached hydrogen (secondary N) is 1. The van der Waals surface area contributed by atoms with Gasteiger partial charge in [-0.2, -0.15) is 0 Å². The van der Waals surface area contributed by atoms with Gasteiger partial charge in [-0.15, -0.1) is 0 Å². The van der Waals surface area contributed by atoms with Crippen LogP contribution in [0, 0.1) is 5.92 Å². The van der Waals surface area contributed by atoms with E-state index in [9.17, 15) is 0 Å². The predicted octanol–water partition coefficient (Wildman–Crippen LogP) is 4.87. The van der Waals surface area contributed by atoms with Crippen molar-refractivity contribution in [2.45, 2.75) is 64.8 Å². The standard InChI is InChI=1S/C18H29N/c1-3-5-9-15(4-2)14-19-18-13-8-11-16-10-6-7-12-17(16)18/h6-7,10,12,15,18-19H,3-5,8-9,11,13-14H2,1-2H3. The summed E-state index contributed by atoms with van der Waals surface area (Å²) in [5.74, 6) is 0.856. The smallest absolute Gasteiger partial charge is 0.0323 e. The van der Waals surface area contributed by atoms with Gasteiger partial charge in [-0.05, 0) is 49.3 Å². The molecular weight excluding hydrogens is 230 g/mol. The Morgan fingerprint density at radius 2 is 2.11 bits per heavy atom. The van der Waals surface area contributed by atoms with Crippen molar-refractivity contribution in [1.29, 1.82) is 0 Å². The molecule has 1 aromatic carbocycles. The number of fused-ring (bicyclic) bond motifs is 1. The van der Waals surface area contributed by atoms with Crippen molar-refractivity contribution < 1.29 is 0 Å². The minimum absolute atomic E-state index is 0.598. The SMILES string of the molecule is CCCCC(CC)CNC1CCCc2ccccc21. The lowest BCUT2D eigenvalue weighted by atomic mass is 9.87. The first-order valence-electron chi connectivity index (χ1n) is 8.16. The van der Waals surface area contributed by atoms with Gasteiger partial charge in [0.25, 0.3) is 0 Å². The largest absolute Gasteiger partial charge is 0.310 e. The van der Waals surface area contributed by atoms with Crippen molar-refractivity contribution in [2.24, 2.45) is 5.92 Å². The Kier molecular flexibility index (Phi) is 5.91. The van der Waals surface area contributed by atoms with Crippen LogP contribution >= 0.6 is 0 Å². The second-order valence-electron chi connectivity index (χ2n) is 5.97. The van der Waals surface area contributed by atoms with E-state index < -0.39 is 0 Å². The van der Waals surface area contributed by atoms with E-state index in [1.165, 1.54) is 51.5 Å². The molecule has 1 N–H and O–H groups in total. The van der Waals surface area contributed by atoms with E-state index in [1.807, 2.05) is 0 Å². The van der Waals surface area contributed by atoms with E-state index in [4.69, 9.17) is 0 Å². The highest BCUT2D eigenvalue weighted by Crippen LogP contribution is 2.29. The second-order valence-corrected chi connectivity index (χ2v) is 5.97. The summed E-state index contributed by atoms with van der Waals surface area (Å²) in [5.41, 5.74) is 3.12. The molecule has 1 nitrogen and oxygen atoms in total. The maximum Gasteiger partial charge on any atom is 0.0323 e. The van der Waals surface area contributed by atoms with Crippen molar-refractivity contribution in [3.63, 3.8) is 0 Å². The van der Waals surface area contributed by atoms with Crippen LogP contribution in [0.5, 0.6) is 0 Å². The monoisotopic (exact) mass is 259 g/mol. The Morgan fingerprint density at radius 1 is 1.26 bits per heavy atom. The third kappa shape index (κ3) is 4.07. The molecule has 0 spiro atoms. The van der Waals surface area contributed by atoms with Crippen LogP contribution in [0.3, 0.4) is 0 Å². The van der Waals surface area contributed by atoms with Crippen molar-refractivity contribution in [2.75, 3.05) is 6.54 Å². The fourth-order valence-electron chi connectivity index (χ4n) is 3.22. The highest BCUT2D eigenvalue weighted by Gasteiger charge is 2.19. The summed E-state index contributed by atoms with van der Waals surface area (Å²) in [6.07, 6.45) is 9.29. The molecule has 0 heterocycles. The average molecular weight is 259 g/mol. The minimum atomic E-state index is 0.598. The van der Waals surface area contributed by atoms with Crippen molar-refractivity contribution in [1.82, 2.24) is 5.32 Å². The third-order valence-corrected chi connectivity index (χ3v) is 4.57. The van der Waals surface area contributed by atoms with E-state index in [0.717, 1.165) is 5.92 Å². The van der Waals surface area contributed by atoms with E-state index >= 15 is 0 Å². The number of aryl methyl sites for hydroxylation is 1. The molecule has 1 aliphatic carbocycles. The van der Waals surface area contributed by atoms with Crippen molar-refractivity contribution >= 4 is 0 Å². The normalized spacial score (nSPS) is 20.0. The molecule has 1 heteroatoms. The molecule has 1 aliphatic rings. The van der Waals surface area contributed by atoms with Gasteiger partial charge < -0.3 is 5.32 Å². The highest BCUT2D eigenvalue weighted by molar-refractivity contribution is 5.32. The molecule has 0 aliphatic heterocycles. The average Bonchev–Trinajstić information content (AvgIpc) is 2.47. The fraction of sp³-hybridized carbons (Fsp3) is 0.667. The Hall–Kier alpha value is -0.820. The Bertz CT molecular complexity index is 372. The van der Waals surface area contributed by atoms with Gasteiger partial charge in [0.05, 0.1) is 0 Å². The molecule has 0 aromatic heterocycles. The van der Waals surface area contributed by atoms with E-state index in [-0.39, 0.29) is 0 Å². The van der Waals surface area contributed by atoms with Crippen LogP contribution in [-0.4, -0.2) is 6.54 Å². The molecule has 0 saturated carbocycles. The van der Waals surface area contributed by atoms with Crippen LogP contribution in [0.4, 0.5) is 0 Å². The number of benzene rings is 1. The van der Waals surface area contributed by atoms with Crippen LogP contribution in [0.2, 0.25) is 0 Å². The first-order chi connectivity index (χ1) is 9.35. The molecular formula is C18H29N. The molecule has 0 amide bonds. The molecule has 0 saturated heterocycles. The zero-order chi connectivity index (χ0) is 13.5. The first-order valence-corrected chi connectivity index (χ1v) is 8.16. The molecule has 2 atom stereocenters. The topological polar surface area (TPSA) is 12.0 Å². The van der Waals surface area contributed by atoms with E-state index in [2.05, 4.69) is 43.4 Å². The van der Waals surface area contributed by atoms with E-state index in [1.54, 1.807) is 11.1 Å². The van der Waals surface area contributed by atoms with Crippen molar-refractivity contribution in [3.8, 4) is 0 Å². The van der Waals surface area contributed by atoms with Gasteiger partial charge in [0.1, 0.15) is 0 Å². The van der Waals surface area contributed by atoms with Crippen LogP contribution in [0.1, 0.15) is 69.5 Å². The van der Waals surface area contributed by atoms with Gasteiger partial charge in [-0.1, -0.05) is 57.4 Å². The quantitative estimate of drug-likeness (QED) is 0.736. The van der Waals surface area contributed by atoms with Gasteiger partial charge in [0.2, 0.25) is 0 Å². The molecule has 2 unspecified atom stereocenters. The predicted molar refractivity (Wildman–Crippen MR) is 83.4 cm³/mol. The molecule has 0 fully saturated rings. The lowest BCUT2D eigenvalue weighted by Crippen LogP contribution is -2.29. The molecule has 19 heavy (non-hydrogen) atoms. The highest BCUT2D eigenvalue weighted by atomic mass is 14.9. The number of hydrogen-bond acceptors (Lipinski definition) is 1. The van der Waals surface area contributed by atoms with Gasteiger partial charge in [0, 0.05) is 6.04 Å². The Balaban J connectivity index is 1.89. The van der Waals surface area contributed by atoms with Gasteiger partial charge in [-0.25, -0.2) is 0 Å². The molecule has 0 radical (unpaired) electrons. The Labute approximate surface area is 118 Å². The number of hydrogen-bond donors (Lipinski definition) is 1. The van der Waals surface area contributed by atoms with Crippen molar-refractivity contribution in [3.05, 3.63) is 35.4 Å². The molecule has 1 aromatic rings. The molecule has 106 valence electrons. The Morgan fingerprint density at radius 3 is 2.89 bits per heavy atom. The van der Waals surface area contributed by atoms with Crippen LogP contribution in [0.25, 0.3) is 0 Å². The summed E-state index contributed by atoms with van der Waals surface area (Å²) in [7, 11) is 0. The lowest BCUT2D eigenvalue weighted by molar-refractivity contribution is 0.371. The summed E-state index contributed by atoms with van der Waals surface area (Å²) in [6.45, 7) is 5.81. The van der Waals surface area contributed by atoms with Gasteiger partial charge >= 0.3 is 0 Å². The number of unbranched alkanes of at least 4 members (excludes halogenated alkanes) is 1. The molecule has 0 bridgehead atoms. The zero-order valence-electron chi connectivity index (χ0n) is 12.6. The summed E-state index contributed by atoms with van der Waals surface area (Å²) in [6, 6.07) is 9.59. The number of rotatable bonds is 7. The lowest BCUT2D eigenvalue weighted by Gasteiger charge is -2.28. The second kappa shape index (κ2) is 7.69. The van der Waals surface area contributed by atoms with Crippen LogP contribution in [-0.2, 0) is 6.42 Å².